The van der Waals surface area contributed by atoms with Crippen LogP contribution in [0.15, 0.2) is 18.2 Å². The molecule has 1 aliphatic rings. The van der Waals surface area contributed by atoms with Crippen LogP contribution in [0.2, 0.25) is 0 Å². The van der Waals surface area contributed by atoms with E-state index in [4.69, 9.17) is 9.47 Å². The van der Waals surface area contributed by atoms with Crippen molar-refractivity contribution >= 4 is 11.9 Å². The number of hydrogen-bond acceptors (Lipinski definition) is 4. The van der Waals surface area contributed by atoms with Gasteiger partial charge in [0.05, 0.1) is 13.0 Å². The summed E-state index contributed by atoms with van der Waals surface area (Å²) in [5, 5.41) is 0. The molecule has 126 valence electrons. The molecule has 0 radical (unpaired) electrons. The third-order valence-corrected chi connectivity index (χ3v) is 3.89. The maximum atomic E-state index is 13.1. The van der Waals surface area contributed by atoms with E-state index in [1.807, 2.05) is 0 Å². The number of ether oxygens (including phenoxy) is 2. The molecule has 1 saturated heterocycles. The van der Waals surface area contributed by atoms with Crippen molar-refractivity contribution < 1.29 is 27.8 Å². The summed E-state index contributed by atoms with van der Waals surface area (Å²) in [6, 6.07) is 3.12. The monoisotopic (exact) mass is 327 g/mol. The Bertz CT molecular complexity index is 585. The molecule has 0 spiro atoms. The van der Waals surface area contributed by atoms with Crippen LogP contribution in [0.1, 0.15) is 19.8 Å². The highest BCUT2D eigenvalue weighted by Gasteiger charge is 2.30. The van der Waals surface area contributed by atoms with Gasteiger partial charge in [-0.15, -0.1) is 0 Å². The molecule has 2 rings (SSSR count). The smallest absolute Gasteiger partial charge is 0.308 e. The van der Waals surface area contributed by atoms with Crippen molar-refractivity contribution in [2.45, 2.75) is 25.9 Å². The molecule has 1 fully saturated rings. The fourth-order valence-electron chi connectivity index (χ4n) is 2.56. The van der Waals surface area contributed by atoms with E-state index in [-0.39, 0.29) is 23.5 Å². The molecule has 0 bridgehead atoms. The minimum absolute atomic E-state index is 0.0918. The highest BCUT2D eigenvalue weighted by molar-refractivity contribution is 5.81. The number of carbonyl (C=O) groups is 2. The van der Waals surface area contributed by atoms with E-state index >= 15 is 0 Å². The topological polar surface area (TPSA) is 55.8 Å². The van der Waals surface area contributed by atoms with Gasteiger partial charge in [-0.25, -0.2) is 8.78 Å². The van der Waals surface area contributed by atoms with Gasteiger partial charge in [-0.3, -0.25) is 9.59 Å². The van der Waals surface area contributed by atoms with Crippen LogP contribution in [0, 0.1) is 17.6 Å². The number of methoxy groups -OCH3 is 1. The average molecular weight is 327 g/mol. The first-order valence-corrected chi connectivity index (χ1v) is 7.40. The van der Waals surface area contributed by atoms with Crippen molar-refractivity contribution in [1.82, 2.24) is 4.90 Å². The van der Waals surface area contributed by atoms with E-state index in [0.29, 0.717) is 25.9 Å². The number of likely N-dealkylation sites (tertiary alicyclic amines) is 1. The Balaban J connectivity index is 1.90. The SMILES string of the molecule is COC(=O)C1CCN(C(=O)C(C)Oc2ccc(F)c(F)c2)CC1. The van der Waals surface area contributed by atoms with Crippen LogP contribution in [0.3, 0.4) is 0 Å². The Hall–Kier alpha value is -2.18. The van der Waals surface area contributed by atoms with Crippen LogP contribution >= 0.6 is 0 Å². The number of esters is 1. The van der Waals surface area contributed by atoms with Gasteiger partial charge in [-0.05, 0) is 31.9 Å². The maximum Gasteiger partial charge on any atom is 0.308 e. The molecule has 0 aromatic heterocycles. The highest BCUT2D eigenvalue weighted by atomic mass is 19.2. The zero-order valence-electron chi connectivity index (χ0n) is 13.1. The number of halogens is 2. The van der Waals surface area contributed by atoms with Crippen LogP contribution in [0.5, 0.6) is 5.75 Å². The molecule has 5 nitrogen and oxygen atoms in total. The molecule has 0 N–H and O–H groups in total. The molecule has 7 heteroatoms. The minimum Gasteiger partial charge on any atom is -0.481 e. The van der Waals surface area contributed by atoms with Crippen molar-refractivity contribution in [2.75, 3.05) is 20.2 Å². The average Bonchev–Trinajstić information content (AvgIpc) is 2.57. The summed E-state index contributed by atoms with van der Waals surface area (Å²) in [5.74, 6) is -2.61. The third kappa shape index (κ3) is 4.18. The number of amides is 1. The van der Waals surface area contributed by atoms with Crippen molar-refractivity contribution in [1.29, 1.82) is 0 Å². The number of rotatable bonds is 4. The summed E-state index contributed by atoms with van der Waals surface area (Å²) in [6.45, 7) is 2.42. The molecule has 1 amide bonds. The molecular weight excluding hydrogens is 308 g/mol. The first-order chi connectivity index (χ1) is 10.9. The van der Waals surface area contributed by atoms with Crippen molar-refractivity contribution in [3.8, 4) is 5.75 Å². The second-order valence-corrected chi connectivity index (χ2v) is 5.46. The van der Waals surface area contributed by atoms with Gasteiger partial charge < -0.3 is 14.4 Å². The zero-order chi connectivity index (χ0) is 17.0. The van der Waals surface area contributed by atoms with Gasteiger partial charge in [-0.2, -0.15) is 0 Å². The second kappa shape index (κ2) is 7.39. The van der Waals surface area contributed by atoms with E-state index in [0.717, 1.165) is 12.1 Å². The predicted molar refractivity (Wildman–Crippen MR) is 77.8 cm³/mol. The Labute approximate surface area is 133 Å². The molecule has 1 aromatic carbocycles. The fourth-order valence-corrected chi connectivity index (χ4v) is 2.56. The molecule has 0 saturated carbocycles. The Morgan fingerprint density at radius 2 is 1.87 bits per heavy atom. The summed E-state index contributed by atoms with van der Waals surface area (Å²) in [6.07, 6.45) is 0.252. The van der Waals surface area contributed by atoms with E-state index in [9.17, 15) is 18.4 Å². The van der Waals surface area contributed by atoms with Crippen LogP contribution in [-0.4, -0.2) is 43.1 Å². The van der Waals surface area contributed by atoms with E-state index in [1.165, 1.54) is 13.2 Å². The molecule has 1 aliphatic heterocycles. The Kier molecular flexibility index (Phi) is 5.52. The van der Waals surface area contributed by atoms with Crippen LogP contribution in [0.4, 0.5) is 8.78 Å². The van der Waals surface area contributed by atoms with Gasteiger partial charge in [0.2, 0.25) is 0 Å². The van der Waals surface area contributed by atoms with Crippen molar-refractivity contribution in [3.63, 3.8) is 0 Å². The lowest BCUT2D eigenvalue weighted by Crippen LogP contribution is -2.45. The number of benzene rings is 1. The van der Waals surface area contributed by atoms with Gasteiger partial charge in [0.1, 0.15) is 5.75 Å². The third-order valence-electron chi connectivity index (χ3n) is 3.89. The van der Waals surface area contributed by atoms with Gasteiger partial charge in [0, 0.05) is 19.2 Å². The van der Waals surface area contributed by atoms with Crippen LogP contribution in [0.25, 0.3) is 0 Å². The number of piperidine rings is 1. The zero-order valence-corrected chi connectivity index (χ0v) is 13.1. The predicted octanol–water partition coefficient (Wildman–Crippen LogP) is 2.14. The quantitative estimate of drug-likeness (QED) is 0.795. The van der Waals surface area contributed by atoms with Gasteiger partial charge in [-0.1, -0.05) is 0 Å². The number of carbonyl (C=O) groups excluding carboxylic acids is 2. The van der Waals surface area contributed by atoms with Gasteiger partial charge in [0.15, 0.2) is 17.7 Å². The van der Waals surface area contributed by atoms with E-state index in [1.54, 1.807) is 11.8 Å². The molecule has 23 heavy (non-hydrogen) atoms. The molecule has 1 atom stereocenters. The van der Waals surface area contributed by atoms with Gasteiger partial charge in [0.25, 0.3) is 5.91 Å². The standard InChI is InChI=1S/C16H19F2NO4/c1-10(23-12-3-4-13(17)14(18)9-12)15(20)19-7-5-11(6-8-19)16(21)22-2/h3-4,9-11H,5-8H2,1-2H3. The maximum absolute atomic E-state index is 13.1. The first kappa shape index (κ1) is 17.2. The second-order valence-electron chi connectivity index (χ2n) is 5.46. The minimum atomic E-state index is -1.03. The summed E-state index contributed by atoms with van der Waals surface area (Å²) in [7, 11) is 1.34. The van der Waals surface area contributed by atoms with E-state index < -0.39 is 17.7 Å². The van der Waals surface area contributed by atoms with Crippen molar-refractivity contribution in [3.05, 3.63) is 29.8 Å². The van der Waals surface area contributed by atoms with E-state index in [2.05, 4.69) is 0 Å². The highest BCUT2D eigenvalue weighted by Crippen LogP contribution is 2.21. The molecule has 1 unspecified atom stereocenters. The van der Waals surface area contributed by atoms with Crippen LogP contribution < -0.4 is 4.74 Å². The lowest BCUT2D eigenvalue weighted by molar-refractivity contribution is -0.150. The molecular formula is C16H19F2NO4. The lowest BCUT2D eigenvalue weighted by Gasteiger charge is -2.32. The fraction of sp³-hybridized carbons (Fsp3) is 0.500. The van der Waals surface area contributed by atoms with Crippen molar-refractivity contribution in [2.24, 2.45) is 5.92 Å². The molecule has 1 heterocycles. The lowest BCUT2D eigenvalue weighted by atomic mass is 9.97. The molecule has 1 aromatic rings. The Morgan fingerprint density at radius 3 is 2.43 bits per heavy atom. The van der Waals surface area contributed by atoms with Crippen LogP contribution in [-0.2, 0) is 14.3 Å². The number of nitrogens with zero attached hydrogens (tertiary/aromatic N) is 1. The summed E-state index contributed by atoms with van der Waals surface area (Å²) in [4.78, 5) is 25.4. The first-order valence-electron chi connectivity index (χ1n) is 7.40. The summed E-state index contributed by atoms with van der Waals surface area (Å²) in [5.41, 5.74) is 0. The summed E-state index contributed by atoms with van der Waals surface area (Å²) < 4.78 is 36.1. The normalized spacial score (nSPS) is 16.8. The number of hydrogen-bond donors (Lipinski definition) is 0. The molecule has 0 aliphatic carbocycles. The Morgan fingerprint density at radius 1 is 1.22 bits per heavy atom. The van der Waals surface area contributed by atoms with Gasteiger partial charge >= 0.3 is 5.97 Å². The largest absolute Gasteiger partial charge is 0.481 e. The summed E-state index contributed by atoms with van der Waals surface area (Å²) >= 11 is 0.